The second-order valence-corrected chi connectivity index (χ2v) is 5.39. The molecule has 4 nitrogen and oxygen atoms in total. The van der Waals surface area contributed by atoms with E-state index in [9.17, 15) is 14.0 Å². The minimum absolute atomic E-state index is 0.000296. The van der Waals surface area contributed by atoms with Gasteiger partial charge in [-0.2, -0.15) is 0 Å². The van der Waals surface area contributed by atoms with Gasteiger partial charge in [0.15, 0.2) is 0 Å². The highest BCUT2D eigenvalue weighted by atomic mass is 32.1. The van der Waals surface area contributed by atoms with Crippen LogP contribution in [0.25, 0.3) is 0 Å². The number of carbonyl (C=O) groups is 1. The van der Waals surface area contributed by atoms with E-state index < -0.39 is 0 Å². The van der Waals surface area contributed by atoms with Gasteiger partial charge in [-0.3, -0.25) is 14.2 Å². The van der Waals surface area contributed by atoms with E-state index in [2.05, 4.69) is 5.32 Å². The number of halogens is 1. The summed E-state index contributed by atoms with van der Waals surface area (Å²) >= 11 is 1.08. The highest BCUT2D eigenvalue weighted by Crippen LogP contribution is 2.12. The van der Waals surface area contributed by atoms with E-state index in [0.29, 0.717) is 0 Å². The number of nitrogens with one attached hydrogen (secondary N) is 1. The van der Waals surface area contributed by atoms with Gasteiger partial charge < -0.3 is 5.32 Å². The molecule has 1 aromatic carbocycles. The van der Waals surface area contributed by atoms with Crippen molar-refractivity contribution in [2.75, 3.05) is 0 Å². The first-order valence-corrected chi connectivity index (χ1v) is 7.05. The molecule has 0 bridgehead atoms. The molecule has 1 atom stereocenters. The fourth-order valence-corrected chi connectivity index (χ4v) is 2.60. The third-order valence-corrected chi connectivity index (χ3v) is 3.91. The molecule has 2 rings (SSSR count). The number of hydrogen-bond donors (Lipinski definition) is 1. The van der Waals surface area contributed by atoms with Crippen molar-refractivity contribution in [3.63, 3.8) is 0 Å². The summed E-state index contributed by atoms with van der Waals surface area (Å²) in [6.07, 6.45) is 0. The Balaban J connectivity index is 2.01. The summed E-state index contributed by atoms with van der Waals surface area (Å²) in [7, 11) is 0. The smallest absolute Gasteiger partial charge is 0.307 e. The van der Waals surface area contributed by atoms with Crippen LogP contribution in [0.2, 0.25) is 0 Å². The number of rotatable bonds is 4. The lowest BCUT2D eigenvalue weighted by molar-refractivity contribution is -0.122. The summed E-state index contributed by atoms with van der Waals surface area (Å²) in [5.41, 5.74) is 1.58. The highest BCUT2D eigenvalue weighted by Gasteiger charge is 2.12. The monoisotopic (exact) mass is 294 g/mol. The zero-order valence-corrected chi connectivity index (χ0v) is 12.0. The number of aromatic nitrogens is 1. The Kier molecular flexibility index (Phi) is 4.34. The van der Waals surface area contributed by atoms with Crippen molar-refractivity contribution in [3.8, 4) is 0 Å². The summed E-state index contributed by atoms with van der Waals surface area (Å²) in [6, 6.07) is 5.72. The van der Waals surface area contributed by atoms with Gasteiger partial charge >= 0.3 is 4.87 Å². The van der Waals surface area contributed by atoms with Crippen molar-refractivity contribution in [3.05, 3.63) is 56.4 Å². The van der Waals surface area contributed by atoms with Crippen LogP contribution in [0.5, 0.6) is 0 Å². The zero-order chi connectivity index (χ0) is 14.7. The predicted molar refractivity (Wildman–Crippen MR) is 76.3 cm³/mol. The molecule has 0 saturated heterocycles. The van der Waals surface area contributed by atoms with Crippen molar-refractivity contribution in [1.29, 1.82) is 0 Å². The molecule has 0 aliphatic carbocycles. The Morgan fingerprint density at radius 2 is 2.05 bits per heavy atom. The van der Waals surface area contributed by atoms with Crippen LogP contribution in [0, 0.1) is 12.7 Å². The first kappa shape index (κ1) is 14.5. The Hall–Kier alpha value is -1.95. The number of benzene rings is 1. The Bertz CT molecular complexity index is 661. The fraction of sp³-hybridized carbons (Fsp3) is 0.286. The van der Waals surface area contributed by atoms with Gasteiger partial charge in [-0.1, -0.05) is 23.5 Å². The molecule has 1 unspecified atom stereocenters. The Morgan fingerprint density at radius 1 is 1.40 bits per heavy atom. The molecule has 1 aromatic heterocycles. The zero-order valence-electron chi connectivity index (χ0n) is 11.2. The number of thiazole rings is 1. The third kappa shape index (κ3) is 3.33. The van der Waals surface area contributed by atoms with Crippen molar-refractivity contribution >= 4 is 17.2 Å². The van der Waals surface area contributed by atoms with Gasteiger partial charge in [0.1, 0.15) is 12.4 Å². The number of carbonyl (C=O) groups excluding carboxylic acids is 1. The van der Waals surface area contributed by atoms with Crippen LogP contribution in [0.4, 0.5) is 4.39 Å². The molecular weight excluding hydrogens is 279 g/mol. The van der Waals surface area contributed by atoms with Crippen LogP contribution in [-0.4, -0.2) is 10.5 Å². The first-order chi connectivity index (χ1) is 9.47. The van der Waals surface area contributed by atoms with Crippen LogP contribution in [-0.2, 0) is 11.3 Å². The summed E-state index contributed by atoms with van der Waals surface area (Å²) in [5.74, 6) is -0.557. The molecule has 0 fully saturated rings. The maximum absolute atomic E-state index is 12.8. The number of hydrogen-bond acceptors (Lipinski definition) is 3. The van der Waals surface area contributed by atoms with Gasteiger partial charge in [0.2, 0.25) is 5.91 Å². The molecule has 0 aliphatic rings. The lowest BCUT2D eigenvalue weighted by Crippen LogP contribution is -2.32. The molecule has 0 saturated carbocycles. The molecule has 20 heavy (non-hydrogen) atoms. The van der Waals surface area contributed by atoms with Gasteiger partial charge in [-0.25, -0.2) is 4.39 Å². The molecule has 6 heteroatoms. The lowest BCUT2D eigenvalue weighted by Gasteiger charge is -2.14. The standard InChI is InChI=1S/C14H15FN2O2S/c1-9-8-20-14(19)17(9)7-13(18)16-10(2)11-3-5-12(15)6-4-11/h3-6,8,10H,7H2,1-2H3,(H,16,18). The van der Waals surface area contributed by atoms with Crippen molar-refractivity contribution in [1.82, 2.24) is 9.88 Å². The number of aryl methyl sites for hydroxylation is 1. The molecular formula is C14H15FN2O2S. The quantitative estimate of drug-likeness (QED) is 0.940. The molecule has 0 spiro atoms. The molecule has 2 aromatic rings. The average Bonchev–Trinajstić information content (AvgIpc) is 2.71. The Morgan fingerprint density at radius 3 is 2.60 bits per heavy atom. The van der Waals surface area contributed by atoms with Gasteiger partial charge in [0.25, 0.3) is 0 Å². The second-order valence-electron chi connectivity index (χ2n) is 4.57. The molecule has 0 aliphatic heterocycles. The van der Waals surface area contributed by atoms with Crippen LogP contribution in [0.3, 0.4) is 0 Å². The molecule has 0 radical (unpaired) electrons. The van der Waals surface area contributed by atoms with E-state index in [1.807, 2.05) is 6.92 Å². The Labute approximate surface area is 119 Å². The van der Waals surface area contributed by atoms with E-state index in [4.69, 9.17) is 0 Å². The van der Waals surface area contributed by atoms with Gasteiger partial charge in [0, 0.05) is 11.1 Å². The summed E-state index contributed by atoms with van der Waals surface area (Å²) in [6.45, 7) is 3.60. The van der Waals surface area contributed by atoms with Crippen LogP contribution in [0.15, 0.2) is 34.4 Å². The second kappa shape index (κ2) is 6.00. The topological polar surface area (TPSA) is 51.1 Å². The minimum atomic E-state index is -0.312. The average molecular weight is 294 g/mol. The summed E-state index contributed by atoms with van der Waals surface area (Å²) in [4.78, 5) is 23.3. The predicted octanol–water partition coefficient (Wildman–Crippen LogP) is 2.23. The SMILES string of the molecule is Cc1csc(=O)n1CC(=O)NC(C)c1ccc(F)cc1. The fourth-order valence-electron chi connectivity index (χ4n) is 1.86. The normalized spacial score (nSPS) is 12.2. The van der Waals surface area contributed by atoms with Gasteiger partial charge in [0.05, 0.1) is 6.04 Å². The van der Waals surface area contributed by atoms with E-state index in [1.165, 1.54) is 16.7 Å². The van der Waals surface area contributed by atoms with Crippen LogP contribution < -0.4 is 10.2 Å². The van der Waals surface area contributed by atoms with Gasteiger partial charge in [-0.05, 0) is 31.5 Å². The van der Waals surface area contributed by atoms with Crippen molar-refractivity contribution in [2.45, 2.75) is 26.4 Å². The summed E-state index contributed by atoms with van der Waals surface area (Å²) < 4.78 is 14.3. The minimum Gasteiger partial charge on any atom is -0.348 e. The maximum atomic E-state index is 12.8. The largest absolute Gasteiger partial charge is 0.348 e. The maximum Gasteiger partial charge on any atom is 0.307 e. The third-order valence-electron chi connectivity index (χ3n) is 3.03. The van der Waals surface area contributed by atoms with Crippen molar-refractivity contribution < 1.29 is 9.18 Å². The van der Waals surface area contributed by atoms with Crippen LogP contribution in [0.1, 0.15) is 24.2 Å². The lowest BCUT2D eigenvalue weighted by atomic mass is 10.1. The molecule has 1 heterocycles. The number of nitrogens with zero attached hydrogens (tertiary/aromatic N) is 1. The molecule has 1 N–H and O–H groups in total. The highest BCUT2D eigenvalue weighted by molar-refractivity contribution is 7.07. The molecule has 1 amide bonds. The van der Waals surface area contributed by atoms with Crippen molar-refractivity contribution in [2.24, 2.45) is 0 Å². The molecule has 106 valence electrons. The van der Waals surface area contributed by atoms with Gasteiger partial charge in [-0.15, -0.1) is 0 Å². The van der Waals surface area contributed by atoms with E-state index >= 15 is 0 Å². The van der Waals surface area contributed by atoms with E-state index in [1.54, 1.807) is 24.4 Å². The number of amides is 1. The van der Waals surface area contributed by atoms with E-state index in [-0.39, 0.29) is 29.2 Å². The van der Waals surface area contributed by atoms with E-state index in [0.717, 1.165) is 22.6 Å². The van der Waals surface area contributed by atoms with Crippen LogP contribution >= 0.6 is 11.3 Å². The summed E-state index contributed by atoms with van der Waals surface area (Å²) in [5, 5.41) is 4.51. The first-order valence-electron chi connectivity index (χ1n) is 6.17.